The molecular weight excluding hydrogens is 292 g/mol. The molecule has 1 unspecified atom stereocenters. The Kier molecular flexibility index (Phi) is 6.09. The monoisotopic (exact) mass is 326 g/mol. The molecule has 2 fully saturated rings. The van der Waals surface area contributed by atoms with Gasteiger partial charge in [0, 0.05) is 38.1 Å². The van der Waals surface area contributed by atoms with E-state index >= 15 is 0 Å². The van der Waals surface area contributed by atoms with Crippen molar-refractivity contribution in [1.29, 1.82) is 0 Å². The zero-order chi connectivity index (χ0) is 17.1. The van der Waals surface area contributed by atoms with Crippen LogP contribution in [0.2, 0.25) is 0 Å². The van der Waals surface area contributed by atoms with Crippen LogP contribution < -0.4 is 0 Å². The molecule has 0 aliphatic carbocycles. The number of likely N-dealkylation sites (tertiary alicyclic amines) is 1. The number of aliphatic hydroxyl groups excluding tert-OH is 1. The smallest absolute Gasteiger partial charge is 0.222 e. The van der Waals surface area contributed by atoms with E-state index in [1.807, 2.05) is 4.90 Å². The third kappa shape index (κ3) is 5.44. The van der Waals surface area contributed by atoms with Crippen molar-refractivity contribution in [2.75, 3.05) is 39.4 Å². The summed E-state index contributed by atoms with van der Waals surface area (Å²) in [5.74, 6) is 0.230. The van der Waals surface area contributed by atoms with Crippen molar-refractivity contribution in [3.8, 4) is 0 Å². The van der Waals surface area contributed by atoms with Gasteiger partial charge in [0.25, 0.3) is 0 Å². The molecule has 0 bridgehead atoms. The van der Waals surface area contributed by atoms with E-state index in [4.69, 9.17) is 4.74 Å². The maximum atomic E-state index is 12.7. The standard InChI is InChI=1S/C18H34N2O3/c1-17(2)13-15(21)6-8-19(14-17)16(22)5-7-18(3,4)20-9-11-23-12-10-20/h15,21H,5-14H2,1-4H3. The van der Waals surface area contributed by atoms with Gasteiger partial charge >= 0.3 is 0 Å². The van der Waals surface area contributed by atoms with E-state index in [9.17, 15) is 9.90 Å². The number of ether oxygens (including phenoxy) is 1. The minimum absolute atomic E-state index is 0.00863. The number of hydrogen-bond donors (Lipinski definition) is 1. The minimum atomic E-state index is -0.285. The van der Waals surface area contributed by atoms with E-state index in [0.29, 0.717) is 19.4 Å². The largest absolute Gasteiger partial charge is 0.393 e. The lowest BCUT2D eigenvalue weighted by Crippen LogP contribution is -2.50. The number of nitrogens with zero attached hydrogens (tertiary/aromatic N) is 2. The van der Waals surface area contributed by atoms with Crippen LogP contribution in [0.1, 0.15) is 53.4 Å². The fourth-order valence-corrected chi connectivity index (χ4v) is 3.82. The molecule has 5 nitrogen and oxygen atoms in total. The van der Waals surface area contributed by atoms with Gasteiger partial charge in [0.1, 0.15) is 0 Å². The minimum Gasteiger partial charge on any atom is -0.393 e. The molecule has 1 amide bonds. The lowest BCUT2D eigenvalue weighted by atomic mass is 9.87. The summed E-state index contributed by atoms with van der Waals surface area (Å²) in [5, 5.41) is 10.00. The molecule has 1 atom stereocenters. The van der Waals surface area contributed by atoms with Crippen molar-refractivity contribution in [2.24, 2.45) is 5.41 Å². The van der Waals surface area contributed by atoms with Crippen LogP contribution in [-0.4, -0.2) is 71.8 Å². The summed E-state index contributed by atoms with van der Waals surface area (Å²) in [4.78, 5) is 17.1. The highest BCUT2D eigenvalue weighted by molar-refractivity contribution is 5.76. The van der Waals surface area contributed by atoms with Crippen LogP contribution in [0.4, 0.5) is 0 Å². The molecule has 2 aliphatic heterocycles. The van der Waals surface area contributed by atoms with Gasteiger partial charge in [-0.05, 0) is 38.5 Å². The molecule has 0 aromatic carbocycles. The van der Waals surface area contributed by atoms with Gasteiger partial charge in [0.2, 0.25) is 5.91 Å². The van der Waals surface area contributed by atoms with Crippen molar-refractivity contribution in [2.45, 2.75) is 65.0 Å². The molecule has 2 saturated heterocycles. The first kappa shape index (κ1) is 18.7. The van der Waals surface area contributed by atoms with E-state index in [1.54, 1.807) is 0 Å². The fourth-order valence-electron chi connectivity index (χ4n) is 3.82. The molecule has 1 N–H and O–H groups in total. The Bertz CT molecular complexity index is 403. The maximum absolute atomic E-state index is 12.7. The third-order valence-electron chi connectivity index (χ3n) is 5.31. The van der Waals surface area contributed by atoms with Gasteiger partial charge in [0.15, 0.2) is 0 Å². The summed E-state index contributed by atoms with van der Waals surface area (Å²) in [6.07, 6.45) is 2.63. The molecule has 2 aliphatic rings. The average Bonchev–Trinajstić information content (AvgIpc) is 2.63. The summed E-state index contributed by atoms with van der Waals surface area (Å²) < 4.78 is 5.42. The summed E-state index contributed by atoms with van der Waals surface area (Å²) in [7, 11) is 0. The van der Waals surface area contributed by atoms with Crippen molar-refractivity contribution in [1.82, 2.24) is 9.80 Å². The van der Waals surface area contributed by atoms with Gasteiger partial charge in [-0.2, -0.15) is 0 Å². The molecule has 134 valence electrons. The topological polar surface area (TPSA) is 53.0 Å². The molecule has 0 aromatic heterocycles. The Morgan fingerprint density at radius 2 is 1.91 bits per heavy atom. The zero-order valence-electron chi connectivity index (χ0n) is 15.3. The molecule has 0 aromatic rings. The van der Waals surface area contributed by atoms with E-state index in [-0.39, 0.29) is 23.0 Å². The number of aliphatic hydroxyl groups is 1. The average molecular weight is 326 g/mol. The van der Waals surface area contributed by atoms with E-state index in [1.165, 1.54) is 0 Å². The Balaban J connectivity index is 1.88. The van der Waals surface area contributed by atoms with Crippen molar-refractivity contribution >= 4 is 5.91 Å². The van der Waals surface area contributed by atoms with Crippen LogP contribution in [0.15, 0.2) is 0 Å². The Morgan fingerprint density at radius 3 is 2.57 bits per heavy atom. The second kappa shape index (κ2) is 7.49. The first-order valence-electron chi connectivity index (χ1n) is 8.98. The van der Waals surface area contributed by atoms with Gasteiger partial charge in [-0.15, -0.1) is 0 Å². The molecule has 0 radical (unpaired) electrons. The summed E-state index contributed by atoms with van der Waals surface area (Å²) >= 11 is 0. The number of amides is 1. The Labute approximate surface area is 141 Å². The van der Waals surface area contributed by atoms with Crippen LogP contribution in [0.25, 0.3) is 0 Å². The van der Waals surface area contributed by atoms with Gasteiger partial charge in [0.05, 0.1) is 19.3 Å². The van der Waals surface area contributed by atoms with Crippen molar-refractivity contribution < 1.29 is 14.6 Å². The van der Waals surface area contributed by atoms with Gasteiger partial charge in [-0.3, -0.25) is 9.69 Å². The molecule has 0 spiro atoms. The van der Waals surface area contributed by atoms with E-state index in [0.717, 1.165) is 45.7 Å². The Hall–Kier alpha value is -0.650. The summed E-state index contributed by atoms with van der Waals surface area (Å²) in [6.45, 7) is 13.6. The maximum Gasteiger partial charge on any atom is 0.222 e. The van der Waals surface area contributed by atoms with Crippen LogP contribution in [-0.2, 0) is 9.53 Å². The first-order valence-corrected chi connectivity index (χ1v) is 8.98. The quantitative estimate of drug-likeness (QED) is 0.857. The van der Waals surface area contributed by atoms with Crippen LogP contribution in [0.5, 0.6) is 0 Å². The molecule has 5 heteroatoms. The number of hydrogen-bond acceptors (Lipinski definition) is 4. The normalized spacial score (nSPS) is 26.8. The van der Waals surface area contributed by atoms with Crippen molar-refractivity contribution in [3.05, 3.63) is 0 Å². The highest BCUT2D eigenvalue weighted by Gasteiger charge is 2.33. The summed E-state index contributed by atoms with van der Waals surface area (Å²) in [5.41, 5.74) is 0.0195. The molecule has 2 heterocycles. The predicted octanol–water partition coefficient (Wildman–Crippen LogP) is 1.89. The number of carbonyl (C=O) groups excluding carboxylic acids is 1. The lowest BCUT2D eigenvalue weighted by molar-refractivity contribution is -0.133. The van der Waals surface area contributed by atoms with Crippen LogP contribution >= 0.6 is 0 Å². The lowest BCUT2D eigenvalue weighted by Gasteiger charge is -2.41. The number of morpholine rings is 1. The molecule has 0 saturated carbocycles. The number of carbonyl (C=O) groups is 1. The van der Waals surface area contributed by atoms with Gasteiger partial charge in [-0.25, -0.2) is 0 Å². The van der Waals surface area contributed by atoms with Crippen molar-refractivity contribution in [3.63, 3.8) is 0 Å². The van der Waals surface area contributed by atoms with Crippen LogP contribution in [0.3, 0.4) is 0 Å². The van der Waals surface area contributed by atoms with E-state index in [2.05, 4.69) is 32.6 Å². The second-order valence-electron chi connectivity index (χ2n) is 8.54. The SMILES string of the molecule is CC1(C)CC(O)CCN(C(=O)CCC(C)(C)N2CCOCC2)C1. The van der Waals surface area contributed by atoms with Gasteiger partial charge < -0.3 is 14.7 Å². The molecule has 23 heavy (non-hydrogen) atoms. The van der Waals surface area contributed by atoms with Crippen LogP contribution in [0, 0.1) is 5.41 Å². The zero-order valence-corrected chi connectivity index (χ0v) is 15.3. The molecule has 2 rings (SSSR count). The van der Waals surface area contributed by atoms with Gasteiger partial charge in [-0.1, -0.05) is 13.8 Å². The highest BCUT2D eigenvalue weighted by atomic mass is 16.5. The Morgan fingerprint density at radius 1 is 1.26 bits per heavy atom. The first-order chi connectivity index (χ1) is 10.7. The highest BCUT2D eigenvalue weighted by Crippen LogP contribution is 2.29. The predicted molar refractivity (Wildman–Crippen MR) is 91.3 cm³/mol. The third-order valence-corrected chi connectivity index (χ3v) is 5.31. The fraction of sp³-hybridized carbons (Fsp3) is 0.944. The van der Waals surface area contributed by atoms with E-state index < -0.39 is 0 Å². The second-order valence-corrected chi connectivity index (χ2v) is 8.54. The summed E-state index contributed by atoms with van der Waals surface area (Å²) in [6, 6.07) is 0. The molecular formula is C18H34N2O3. The number of rotatable bonds is 4.